The number of nitrogens with one attached hydrogen (secondary N) is 2. The van der Waals surface area contributed by atoms with Crippen LogP contribution in [0, 0.1) is 11.6 Å². The zero-order valence-corrected chi connectivity index (χ0v) is 12.5. The largest absolute Gasteiger partial charge is 0.455 e. The Hall–Kier alpha value is -2.16. The zero-order chi connectivity index (χ0) is 16.5. The summed E-state index contributed by atoms with van der Waals surface area (Å²) in [6, 6.07) is 3.43. The first-order valence-corrected chi connectivity index (χ1v) is 7.16. The number of esters is 1. The third kappa shape index (κ3) is 7.02. The van der Waals surface area contributed by atoms with E-state index < -0.39 is 36.0 Å². The van der Waals surface area contributed by atoms with Crippen LogP contribution in [0.4, 0.5) is 8.78 Å². The number of halogens is 2. The molecule has 120 valence electrons. The minimum Gasteiger partial charge on any atom is -0.455 e. The first kappa shape index (κ1) is 17.9. The van der Waals surface area contributed by atoms with Gasteiger partial charge in [-0.25, -0.2) is 8.78 Å². The molecule has 22 heavy (non-hydrogen) atoms. The Morgan fingerprint density at radius 2 is 1.91 bits per heavy atom. The first-order valence-electron chi connectivity index (χ1n) is 6.17. The van der Waals surface area contributed by atoms with Crippen LogP contribution in [0.2, 0.25) is 0 Å². The van der Waals surface area contributed by atoms with E-state index in [1.165, 1.54) is 13.0 Å². The molecule has 0 spiro atoms. The molecule has 9 heteroatoms. The second-order valence-corrected chi connectivity index (χ2v) is 5.23. The lowest BCUT2D eigenvalue weighted by Crippen LogP contribution is -2.42. The summed E-state index contributed by atoms with van der Waals surface area (Å²) in [4.78, 5) is 33.5. The lowest BCUT2D eigenvalue weighted by Gasteiger charge is -2.06. The molecule has 1 aromatic rings. The fraction of sp³-hybridized carbons (Fsp3) is 0.308. The van der Waals surface area contributed by atoms with Gasteiger partial charge < -0.3 is 4.74 Å². The lowest BCUT2D eigenvalue weighted by atomic mass is 10.3. The summed E-state index contributed by atoms with van der Waals surface area (Å²) < 4.78 is 30.3. The van der Waals surface area contributed by atoms with Crippen LogP contribution in [0.3, 0.4) is 0 Å². The molecule has 0 bridgehead atoms. The maximum atomic E-state index is 12.9. The molecule has 2 amide bonds. The van der Waals surface area contributed by atoms with E-state index in [9.17, 15) is 23.2 Å². The standard InChI is InChI=1S/C13H14F2N2O4S/c1-8(18)16-17-12(19)7-21-13(20)4-5-22-9-2-3-10(14)11(15)6-9/h2-3,6H,4-5,7H2,1H3,(H,16,18)(H,17,19). The van der Waals surface area contributed by atoms with E-state index in [2.05, 4.69) is 4.74 Å². The van der Waals surface area contributed by atoms with Gasteiger partial charge in [0.2, 0.25) is 5.91 Å². The maximum absolute atomic E-state index is 12.9. The third-order valence-electron chi connectivity index (χ3n) is 2.21. The molecule has 0 heterocycles. The highest BCUT2D eigenvalue weighted by atomic mass is 32.2. The molecule has 0 saturated heterocycles. The van der Waals surface area contributed by atoms with Gasteiger partial charge in [0.25, 0.3) is 5.91 Å². The maximum Gasteiger partial charge on any atom is 0.307 e. The molecule has 1 aromatic carbocycles. The number of carbonyl (C=O) groups is 3. The minimum absolute atomic E-state index is 0.00290. The average molecular weight is 332 g/mol. The number of hydrogen-bond donors (Lipinski definition) is 2. The van der Waals surface area contributed by atoms with Gasteiger partial charge in [0.1, 0.15) is 0 Å². The molecule has 0 saturated carbocycles. The Kier molecular flexibility index (Phi) is 7.30. The smallest absolute Gasteiger partial charge is 0.307 e. The summed E-state index contributed by atoms with van der Waals surface area (Å²) in [5.41, 5.74) is 4.08. The number of rotatable bonds is 6. The molecule has 0 unspecified atom stereocenters. The van der Waals surface area contributed by atoms with E-state index in [1.54, 1.807) is 0 Å². The van der Waals surface area contributed by atoms with Crippen molar-refractivity contribution in [2.24, 2.45) is 0 Å². The van der Waals surface area contributed by atoms with Crippen molar-refractivity contribution in [3.63, 3.8) is 0 Å². The highest BCUT2D eigenvalue weighted by molar-refractivity contribution is 7.99. The number of carbonyl (C=O) groups excluding carboxylic acids is 3. The molecule has 0 aliphatic heterocycles. The third-order valence-corrected chi connectivity index (χ3v) is 3.20. The second kappa shape index (κ2) is 8.98. The lowest BCUT2D eigenvalue weighted by molar-refractivity contribution is -0.148. The van der Waals surface area contributed by atoms with Crippen molar-refractivity contribution in [3.8, 4) is 0 Å². The van der Waals surface area contributed by atoms with Crippen LogP contribution in [-0.4, -0.2) is 30.1 Å². The van der Waals surface area contributed by atoms with Crippen molar-refractivity contribution < 1.29 is 27.9 Å². The summed E-state index contributed by atoms with van der Waals surface area (Å²) in [7, 11) is 0. The Morgan fingerprint density at radius 1 is 1.18 bits per heavy atom. The van der Waals surface area contributed by atoms with Gasteiger partial charge in [0.15, 0.2) is 18.2 Å². The molecule has 0 aliphatic rings. The molecule has 0 atom stereocenters. The Bertz CT molecular complexity index is 569. The number of thioether (sulfide) groups is 1. The van der Waals surface area contributed by atoms with Crippen LogP contribution in [0.15, 0.2) is 23.1 Å². The first-order chi connectivity index (χ1) is 10.4. The van der Waals surface area contributed by atoms with Gasteiger partial charge in [-0.05, 0) is 18.2 Å². The van der Waals surface area contributed by atoms with Gasteiger partial charge >= 0.3 is 5.97 Å². The average Bonchev–Trinajstić information content (AvgIpc) is 2.46. The number of hydrazine groups is 1. The zero-order valence-electron chi connectivity index (χ0n) is 11.7. The Morgan fingerprint density at radius 3 is 2.55 bits per heavy atom. The van der Waals surface area contributed by atoms with Gasteiger partial charge in [-0.2, -0.15) is 0 Å². The van der Waals surface area contributed by atoms with E-state index in [-0.39, 0.29) is 12.2 Å². The number of amides is 2. The summed E-state index contributed by atoms with van der Waals surface area (Å²) in [6.45, 7) is 0.691. The number of hydrogen-bond acceptors (Lipinski definition) is 5. The number of benzene rings is 1. The van der Waals surface area contributed by atoms with Crippen molar-refractivity contribution in [1.29, 1.82) is 0 Å². The summed E-state index contributed by atoms with van der Waals surface area (Å²) in [6.07, 6.45) is -0.00290. The summed E-state index contributed by atoms with van der Waals surface area (Å²) in [5.74, 6) is -3.35. The van der Waals surface area contributed by atoms with Gasteiger partial charge in [-0.3, -0.25) is 25.2 Å². The van der Waals surface area contributed by atoms with E-state index in [0.29, 0.717) is 4.90 Å². The minimum atomic E-state index is -0.956. The van der Waals surface area contributed by atoms with Crippen molar-refractivity contribution in [2.75, 3.05) is 12.4 Å². The van der Waals surface area contributed by atoms with Crippen molar-refractivity contribution in [1.82, 2.24) is 10.9 Å². The second-order valence-electron chi connectivity index (χ2n) is 4.06. The molecule has 2 N–H and O–H groups in total. The van der Waals surface area contributed by atoms with Gasteiger partial charge in [0, 0.05) is 17.6 Å². The topological polar surface area (TPSA) is 84.5 Å². The van der Waals surface area contributed by atoms with E-state index >= 15 is 0 Å². The molecular formula is C13H14F2N2O4S. The van der Waals surface area contributed by atoms with Crippen LogP contribution < -0.4 is 10.9 Å². The Labute approximate surface area is 129 Å². The monoisotopic (exact) mass is 332 g/mol. The molecule has 0 radical (unpaired) electrons. The van der Waals surface area contributed by atoms with Crippen LogP contribution in [0.25, 0.3) is 0 Å². The van der Waals surface area contributed by atoms with Crippen LogP contribution in [0.5, 0.6) is 0 Å². The number of ether oxygens (including phenoxy) is 1. The molecule has 0 fully saturated rings. The van der Waals surface area contributed by atoms with Crippen molar-refractivity contribution in [2.45, 2.75) is 18.2 Å². The van der Waals surface area contributed by atoms with Gasteiger partial charge in [0.05, 0.1) is 6.42 Å². The van der Waals surface area contributed by atoms with Crippen LogP contribution in [-0.2, 0) is 19.1 Å². The SMILES string of the molecule is CC(=O)NNC(=O)COC(=O)CCSc1ccc(F)c(F)c1. The normalized spacial score (nSPS) is 9.95. The van der Waals surface area contributed by atoms with Crippen molar-refractivity contribution >= 4 is 29.5 Å². The van der Waals surface area contributed by atoms with E-state index in [1.807, 2.05) is 10.9 Å². The van der Waals surface area contributed by atoms with E-state index in [0.717, 1.165) is 23.9 Å². The fourth-order valence-electron chi connectivity index (χ4n) is 1.23. The quantitative estimate of drug-likeness (QED) is 0.464. The highest BCUT2D eigenvalue weighted by Crippen LogP contribution is 2.21. The molecule has 6 nitrogen and oxygen atoms in total. The highest BCUT2D eigenvalue weighted by Gasteiger charge is 2.09. The molecule has 1 rings (SSSR count). The predicted octanol–water partition coefficient (Wildman–Crippen LogP) is 1.16. The molecule has 0 aromatic heterocycles. The van der Waals surface area contributed by atoms with Crippen LogP contribution >= 0.6 is 11.8 Å². The summed E-state index contributed by atoms with van der Waals surface area (Å²) >= 11 is 1.15. The molecular weight excluding hydrogens is 318 g/mol. The van der Waals surface area contributed by atoms with Gasteiger partial charge in [-0.15, -0.1) is 11.8 Å². The summed E-state index contributed by atoms with van der Waals surface area (Å²) in [5, 5.41) is 0. The van der Waals surface area contributed by atoms with E-state index in [4.69, 9.17) is 0 Å². The fourth-order valence-corrected chi connectivity index (χ4v) is 2.09. The molecule has 0 aliphatic carbocycles. The predicted molar refractivity (Wildman–Crippen MR) is 74.6 cm³/mol. The Balaban J connectivity index is 2.21. The van der Waals surface area contributed by atoms with Gasteiger partial charge in [-0.1, -0.05) is 0 Å². The van der Waals surface area contributed by atoms with Crippen LogP contribution in [0.1, 0.15) is 13.3 Å². The van der Waals surface area contributed by atoms with Crippen molar-refractivity contribution in [3.05, 3.63) is 29.8 Å².